The van der Waals surface area contributed by atoms with Crippen molar-refractivity contribution >= 4 is 29.4 Å². The van der Waals surface area contributed by atoms with E-state index < -0.39 is 24.1 Å². The van der Waals surface area contributed by atoms with Gasteiger partial charge in [-0.15, -0.1) is 0 Å². The van der Waals surface area contributed by atoms with E-state index >= 15 is 0 Å². The molecular formula is C17H23BFN3O3. The van der Waals surface area contributed by atoms with Gasteiger partial charge in [0.25, 0.3) is 0 Å². The minimum Gasteiger partial charge on any atom is -0.399 e. The van der Waals surface area contributed by atoms with Crippen LogP contribution in [0.25, 0.3) is 10.9 Å². The number of nitrogens with zero attached hydrogens (tertiary/aromatic N) is 2. The fourth-order valence-electron chi connectivity index (χ4n) is 2.59. The standard InChI is InChI=1S/C17H23BFN3O3/c1-16(2)17(3,4)25-18(24-16)12-6-7-13-11(14(12)19)10-21-15(22-13)20-8-9-23-5/h6-7,10H,8-9H2,1-5H3,(H,20,21,22). The van der Waals surface area contributed by atoms with Crippen molar-refractivity contribution in [3.05, 3.63) is 24.1 Å². The molecule has 0 amide bonds. The summed E-state index contributed by atoms with van der Waals surface area (Å²) in [5.74, 6) is 0.0202. The van der Waals surface area contributed by atoms with Crippen molar-refractivity contribution in [3.63, 3.8) is 0 Å². The van der Waals surface area contributed by atoms with Crippen LogP contribution in [0, 0.1) is 5.82 Å². The molecule has 1 aliphatic heterocycles. The van der Waals surface area contributed by atoms with Crippen LogP contribution in [-0.2, 0) is 14.0 Å². The summed E-state index contributed by atoms with van der Waals surface area (Å²) < 4.78 is 31.8. The lowest BCUT2D eigenvalue weighted by atomic mass is 9.78. The second-order valence-electron chi connectivity index (χ2n) is 7.10. The zero-order valence-corrected chi connectivity index (χ0v) is 15.2. The maximum atomic E-state index is 15.0. The Kier molecular flexibility index (Phi) is 4.70. The van der Waals surface area contributed by atoms with Crippen molar-refractivity contribution in [2.75, 3.05) is 25.6 Å². The van der Waals surface area contributed by atoms with Gasteiger partial charge in [0.1, 0.15) is 5.82 Å². The molecule has 2 aromatic rings. The lowest BCUT2D eigenvalue weighted by Crippen LogP contribution is -2.41. The number of fused-ring (bicyclic) bond motifs is 1. The van der Waals surface area contributed by atoms with E-state index in [2.05, 4.69) is 15.3 Å². The van der Waals surface area contributed by atoms with E-state index in [9.17, 15) is 4.39 Å². The molecule has 1 aromatic carbocycles. The number of methoxy groups -OCH3 is 1. The van der Waals surface area contributed by atoms with Crippen LogP contribution in [0.5, 0.6) is 0 Å². The lowest BCUT2D eigenvalue weighted by Gasteiger charge is -2.32. The van der Waals surface area contributed by atoms with Crippen LogP contribution >= 0.6 is 0 Å². The quantitative estimate of drug-likeness (QED) is 0.660. The first-order chi connectivity index (χ1) is 11.7. The number of rotatable bonds is 5. The van der Waals surface area contributed by atoms with E-state index in [1.807, 2.05) is 27.7 Å². The Morgan fingerprint density at radius 2 is 1.88 bits per heavy atom. The molecule has 0 unspecified atom stereocenters. The number of aromatic nitrogens is 2. The number of hydrogen-bond acceptors (Lipinski definition) is 6. The highest BCUT2D eigenvalue weighted by atomic mass is 19.1. The first kappa shape index (κ1) is 18.0. The van der Waals surface area contributed by atoms with Gasteiger partial charge in [-0.3, -0.25) is 0 Å². The van der Waals surface area contributed by atoms with Gasteiger partial charge in [-0.2, -0.15) is 0 Å². The van der Waals surface area contributed by atoms with Crippen LogP contribution in [0.2, 0.25) is 0 Å². The molecule has 1 fully saturated rings. The largest absolute Gasteiger partial charge is 0.497 e. The normalized spacial score (nSPS) is 18.7. The SMILES string of the molecule is COCCNc1ncc2c(F)c(B3OC(C)(C)C(C)(C)O3)ccc2n1. The van der Waals surface area contributed by atoms with Crippen molar-refractivity contribution in [2.24, 2.45) is 0 Å². The summed E-state index contributed by atoms with van der Waals surface area (Å²) in [7, 11) is 0.865. The molecule has 1 aliphatic rings. The zero-order valence-electron chi connectivity index (χ0n) is 15.2. The van der Waals surface area contributed by atoms with Crippen LogP contribution in [0.1, 0.15) is 27.7 Å². The molecule has 0 radical (unpaired) electrons. The summed E-state index contributed by atoms with van der Waals surface area (Å²) in [6, 6.07) is 3.41. The highest BCUT2D eigenvalue weighted by Crippen LogP contribution is 2.36. The second kappa shape index (κ2) is 6.51. The van der Waals surface area contributed by atoms with Crippen LogP contribution in [0.15, 0.2) is 18.3 Å². The summed E-state index contributed by atoms with van der Waals surface area (Å²) in [6.45, 7) is 8.87. The number of benzene rings is 1. The smallest absolute Gasteiger partial charge is 0.399 e. The predicted molar refractivity (Wildman–Crippen MR) is 95.6 cm³/mol. The van der Waals surface area contributed by atoms with Crippen LogP contribution in [0.3, 0.4) is 0 Å². The third-order valence-electron chi connectivity index (χ3n) is 4.83. The van der Waals surface area contributed by atoms with E-state index in [1.54, 1.807) is 19.2 Å². The Bertz CT molecular complexity index is 769. The van der Waals surface area contributed by atoms with Crippen molar-refractivity contribution in [1.29, 1.82) is 0 Å². The molecule has 3 rings (SSSR count). The zero-order chi connectivity index (χ0) is 18.2. The Labute approximate surface area is 147 Å². The Hall–Kier alpha value is -1.77. The maximum Gasteiger partial charge on any atom is 0.497 e. The minimum absolute atomic E-state index is 0.338. The average Bonchev–Trinajstić information content (AvgIpc) is 2.75. The molecule has 6 nitrogen and oxygen atoms in total. The van der Waals surface area contributed by atoms with Gasteiger partial charge in [0.2, 0.25) is 5.95 Å². The van der Waals surface area contributed by atoms with Crippen molar-refractivity contribution < 1.29 is 18.4 Å². The molecule has 25 heavy (non-hydrogen) atoms. The summed E-state index contributed by atoms with van der Waals surface area (Å²) in [4.78, 5) is 8.50. The van der Waals surface area contributed by atoms with Crippen molar-refractivity contribution in [2.45, 2.75) is 38.9 Å². The fraction of sp³-hybridized carbons (Fsp3) is 0.529. The number of hydrogen-bond donors (Lipinski definition) is 1. The molecule has 0 aliphatic carbocycles. The van der Waals surface area contributed by atoms with Crippen molar-refractivity contribution in [1.82, 2.24) is 9.97 Å². The summed E-state index contributed by atoms with van der Waals surface area (Å²) in [5.41, 5.74) is -0.169. The molecule has 8 heteroatoms. The van der Waals surface area contributed by atoms with Crippen LogP contribution < -0.4 is 10.8 Å². The third-order valence-corrected chi connectivity index (χ3v) is 4.83. The molecule has 0 bridgehead atoms. The number of halogens is 1. The molecule has 0 atom stereocenters. The first-order valence-corrected chi connectivity index (χ1v) is 8.29. The molecule has 2 heterocycles. The second-order valence-corrected chi connectivity index (χ2v) is 7.10. The minimum atomic E-state index is -0.756. The van der Waals surface area contributed by atoms with E-state index in [0.29, 0.717) is 35.5 Å². The molecule has 1 N–H and O–H groups in total. The highest BCUT2D eigenvalue weighted by Gasteiger charge is 2.52. The van der Waals surface area contributed by atoms with Gasteiger partial charge >= 0.3 is 7.12 Å². The van der Waals surface area contributed by atoms with Gasteiger partial charge < -0.3 is 19.4 Å². The molecule has 134 valence electrons. The Morgan fingerprint density at radius 3 is 2.52 bits per heavy atom. The van der Waals surface area contributed by atoms with Gasteiger partial charge in [0.15, 0.2) is 0 Å². The Balaban J connectivity index is 1.89. The fourth-order valence-corrected chi connectivity index (χ4v) is 2.59. The van der Waals surface area contributed by atoms with Crippen LogP contribution in [-0.4, -0.2) is 48.5 Å². The lowest BCUT2D eigenvalue weighted by molar-refractivity contribution is 0.00578. The average molecular weight is 347 g/mol. The summed E-state index contributed by atoms with van der Waals surface area (Å²) >= 11 is 0. The predicted octanol–water partition coefficient (Wildman–Crippen LogP) is 2.13. The molecule has 1 saturated heterocycles. The molecular weight excluding hydrogens is 324 g/mol. The topological polar surface area (TPSA) is 65.5 Å². The van der Waals surface area contributed by atoms with E-state index in [0.717, 1.165) is 0 Å². The van der Waals surface area contributed by atoms with Gasteiger partial charge in [-0.05, 0) is 33.8 Å². The highest BCUT2D eigenvalue weighted by molar-refractivity contribution is 6.62. The van der Waals surface area contributed by atoms with Gasteiger partial charge in [0, 0.05) is 25.3 Å². The molecule has 0 saturated carbocycles. The molecule has 1 aromatic heterocycles. The van der Waals surface area contributed by atoms with Crippen LogP contribution in [0.4, 0.5) is 10.3 Å². The Morgan fingerprint density at radius 1 is 1.20 bits per heavy atom. The number of ether oxygens (including phenoxy) is 1. The van der Waals surface area contributed by atoms with Gasteiger partial charge in [0.05, 0.1) is 28.7 Å². The first-order valence-electron chi connectivity index (χ1n) is 8.29. The van der Waals surface area contributed by atoms with Crippen molar-refractivity contribution in [3.8, 4) is 0 Å². The van der Waals surface area contributed by atoms with Gasteiger partial charge in [-0.1, -0.05) is 6.07 Å². The summed E-state index contributed by atoms with van der Waals surface area (Å²) in [6.07, 6.45) is 1.47. The number of nitrogens with one attached hydrogen (secondary N) is 1. The van der Waals surface area contributed by atoms with E-state index in [-0.39, 0.29) is 0 Å². The maximum absolute atomic E-state index is 15.0. The molecule has 0 spiro atoms. The van der Waals surface area contributed by atoms with E-state index in [1.165, 1.54) is 6.20 Å². The summed E-state index contributed by atoms with van der Waals surface area (Å²) in [5, 5.41) is 3.37. The number of anilines is 1. The van der Waals surface area contributed by atoms with Gasteiger partial charge in [-0.25, -0.2) is 14.4 Å². The third kappa shape index (κ3) is 3.34. The monoisotopic (exact) mass is 347 g/mol. The van der Waals surface area contributed by atoms with E-state index in [4.69, 9.17) is 14.0 Å².